The van der Waals surface area contributed by atoms with Gasteiger partial charge in [-0.05, 0) is 75.0 Å². The normalized spacial score (nSPS) is 37.6. The maximum Gasteiger partial charge on any atom is -0.0201 e. The van der Waals surface area contributed by atoms with Gasteiger partial charge in [0.15, 0.2) is 0 Å². The van der Waals surface area contributed by atoms with E-state index >= 15 is 0 Å². The summed E-state index contributed by atoms with van der Waals surface area (Å²) in [7, 11) is 0. The minimum absolute atomic E-state index is 0.752. The van der Waals surface area contributed by atoms with E-state index in [4.69, 9.17) is 0 Å². The molecule has 2 fully saturated rings. The molecule has 0 bridgehead atoms. The molecule has 0 N–H and O–H groups in total. The molecule has 0 heteroatoms. The van der Waals surface area contributed by atoms with Gasteiger partial charge in [-0.2, -0.15) is 0 Å². The second-order valence-corrected chi connectivity index (χ2v) is 7.58. The first kappa shape index (κ1) is 15.1. The SMILES string of the molecule is C/C=C(\C(C)C)C1CCC(C2CCC(C)CC2)CC1. The highest BCUT2D eigenvalue weighted by molar-refractivity contribution is 5.09. The van der Waals surface area contributed by atoms with Crippen LogP contribution >= 0.6 is 0 Å². The van der Waals surface area contributed by atoms with Crippen LogP contribution < -0.4 is 0 Å². The molecular weight excluding hydrogens is 228 g/mol. The van der Waals surface area contributed by atoms with Gasteiger partial charge in [0.2, 0.25) is 0 Å². The predicted octanol–water partition coefficient (Wildman–Crippen LogP) is 6.22. The lowest BCUT2D eigenvalue weighted by Crippen LogP contribution is -2.26. The predicted molar refractivity (Wildman–Crippen MR) is 85.2 cm³/mol. The fraction of sp³-hybridized carbons (Fsp3) is 0.895. The summed E-state index contributed by atoms with van der Waals surface area (Å²) in [5.74, 6) is 4.80. The first-order valence-corrected chi connectivity index (χ1v) is 8.77. The van der Waals surface area contributed by atoms with E-state index in [2.05, 4.69) is 33.8 Å². The fourth-order valence-corrected chi connectivity index (χ4v) is 4.72. The van der Waals surface area contributed by atoms with E-state index in [-0.39, 0.29) is 0 Å². The molecule has 0 spiro atoms. The zero-order chi connectivity index (χ0) is 13.8. The molecular formula is C19H34. The zero-order valence-corrected chi connectivity index (χ0v) is 13.6. The number of rotatable bonds is 3. The van der Waals surface area contributed by atoms with Crippen LogP contribution in [0.2, 0.25) is 0 Å². The second kappa shape index (κ2) is 6.95. The molecule has 0 aromatic carbocycles. The van der Waals surface area contributed by atoms with E-state index in [1.807, 2.05) is 0 Å². The van der Waals surface area contributed by atoms with Crippen LogP contribution in [0.15, 0.2) is 11.6 Å². The number of allylic oxidation sites excluding steroid dienone is 2. The Morgan fingerprint density at radius 2 is 1.32 bits per heavy atom. The topological polar surface area (TPSA) is 0 Å². The first-order chi connectivity index (χ1) is 9.11. The lowest BCUT2D eigenvalue weighted by atomic mass is 9.67. The Bertz CT molecular complexity index is 283. The number of hydrogen-bond acceptors (Lipinski definition) is 0. The Hall–Kier alpha value is -0.260. The van der Waals surface area contributed by atoms with E-state index in [1.54, 1.807) is 5.57 Å². The van der Waals surface area contributed by atoms with Gasteiger partial charge in [-0.3, -0.25) is 0 Å². The summed E-state index contributed by atoms with van der Waals surface area (Å²) >= 11 is 0. The Morgan fingerprint density at radius 1 is 0.842 bits per heavy atom. The average molecular weight is 262 g/mol. The van der Waals surface area contributed by atoms with Gasteiger partial charge in [0.05, 0.1) is 0 Å². The van der Waals surface area contributed by atoms with Crippen molar-refractivity contribution in [1.82, 2.24) is 0 Å². The highest BCUT2D eigenvalue weighted by Crippen LogP contribution is 2.43. The summed E-state index contributed by atoms with van der Waals surface area (Å²) in [5, 5.41) is 0. The Balaban J connectivity index is 1.82. The quantitative estimate of drug-likeness (QED) is 0.529. The second-order valence-electron chi connectivity index (χ2n) is 7.58. The third-order valence-corrected chi connectivity index (χ3v) is 5.97. The molecule has 2 rings (SSSR count). The van der Waals surface area contributed by atoms with Crippen LogP contribution in [-0.2, 0) is 0 Å². The zero-order valence-electron chi connectivity index (χ0n) is 13.6. The van der Waals surface area contributed by atoms with Gasteiger partial charge in [-0.25, -0.2) is 0 Å². The van der Waals surface area contributed by atoms with E-state index in [1.165, 1.54) is 51.4 Å². The Labute approximate surface area is 121 Å². The van der Waals surface area contributed by atoms with Gasteiger partial charge >= 0.3 is 0 Å². The summed E-state index contributed by atoms with van der Waals surface area (Å²) in [6.07, 6.45) is 14.4. The van der Waals surface area contributed by atoms with Gasteiger partial charge in [-0.15, -0.1) is 0 Å². The summed E-state index contributed by atoms with van der Waals surface area (Å²) in [4.78, 5) is 0. The first-order valence-electron chi connectivity index (χ1n) is 8.77. The standard InChI is InChI=1S/C19H34/c1-5-19(14(2)3)18-12-10-17(11-13-18)16-8-6-15(4)7-9-16/h5,14-18H,6-13H2,1-4H3/b19-5+. The molecule has 2 aliphatic carbocycles. The molecule has 2 aliphatic rings. The maximum atomic E-state index is 2.44. The van der Waals surface area contributed by atoms with Gasteiger partial charge in [0, 0.05) is 0 Å². The van der Waals surface area contributed by atoms with E-state index in [0.717, 1.165) is 29.6 Å². The molecule has 19 heavy (non-hydrogen) atoms. The molecule has 0 nitrogen and oxygen atoms in total. The molecule has 110 valence electrons. The van der Waals surface area contributed by atoms with Gasteiger partial charge in [0.1, 0.15) is 0 Å². The van der Waals surface area contributed by atoms with Crippen molar-refractivity contribution in [1.29, 1.82) is 0 Å². The van der Waals surface area contributed by atoms with Gasteiger partial charge < -0.3 is 0 Å². The van der Waals surface area contributed by atoms with Crippen molar-refractivity contribution in [2.24, 2.45) is 29.6 Å². The average Bonchev–Trinajstić information content (AvgIpc) is 2.41. The van der Waals surface area contributed by atoms with Crippen molar-refractivity contribution in [3.63, 3.8) is 0 Å². The van der Waals surface area contributed by atoms with Crippen molar-refractivity contribution in [3.8, 4) is 0 Å². The molecule has 0 heterocycles. The van der Waals surface area contributed by atoms with Gasteiger partial charge in [-0.1, -0.05) is 45.3 Å². The molecule has 0 aromatic rings. The molecule has 0 saturated heterocycles. The summed E-state index contributed by atoms with van der Waals surface area (Å²) < 4.78 is 0. The van der Waals surface area contributed by atoms with Crippen LogP contribution in [-0.4, -0.2) is 0 Å². The third kappa shape index (κ3) is 3.86. The van der Waals surface area contributed by atoms with Crippen molar-refractivity contribution in [2.45, 2.75) is 79.1 Å². The molecule has 0 amide bonds. The van der Waals surface area contributed by atoms with Crippen LogP contribution in [0, 0.1) is 29.6 Å². The molecule has 0 aromatic heterocycles. The Kier molecular flexibility index (Phi) is 5.54. The highest BCUT2D eigenvalue weighted by Gasteiger charge is 2.31. The van der Waals surface area contributed by atoms with Crippen molar-refractivity contribution in [2.75, 3.05) is 0 Å². The fourth-order valence-electron chi connectivity index (χ4n) is 4.72. The smallest absolute Gasteiger partial charge is 0.0201 e. The maximum absolute atomic E-state index is 2.44. The van der Waals surface area contributed by atoms with E-state index < -0.39 is 0 Å². The van der Waals surface area contributed by atoms with Crippen molar-refractivity contribution < 1.29 is 0 Å². The summed E-state index contributed by atoms with van der Waals surface area (Å²) in [6.45, 7) is 9.41. The third-order valence-electron chi connectivity index (χ3n) is 5.97. The lowest BCUT2D eigenvalue weighted by molar-refractivity contribution is 0.156. The monoisotopic (exact) mass is 262 g/mol. The highest BCUT2D eigenvalue weighted by atomic mass is 14.4. The van der Waals surface area contributed by atoms with Crippen molar-refractivity contribution in [3.05, 3.63) is 11.6 Å². The van der Waals surface area contributed by atoms with Crippen LogP contribution in [0.5, 0.6) is 0 Å². The van der Waals surface area contributed by atoms with Crippen LogP contribution in [0.1, 0.15) is 79.1 Å². The summed E-state index contributed by atoms with van der Waals surface area (Å²) in [6, 6.07) is 0. The van der Waals surface area contributed by atoms with E-state index in [9.17, 15) is 0 Å². The minimum Gasteiger partial charge on any atom is -0.0879 e. The minimum atomic E-state index is 0.752. The Morgan fingerprint density at radius 3 is 1.74 bits per heavy atom. The molecule has 2 saturated carbocycles. The largest absolute Gasteiger partial charge is 0.0879 e. The van der Waals surface area contributed by atoms with Gasteiger partial charge in [0.25, 0.3) is 0 Å². The molecule has 0 atom stereocenters. The van der Waals surface area contributed by atoms with Crippen molar-refractivity contribution >= 4 is 0 Å². The van der Waals surface area contributed by atoms with E-state index in [0.29, 0.717) is 0 Å². The number of hydrogen-bond donors (Lipinski definition) is 0. The molecule has 0 aliphatic heterocycles. The van der Waals surface area contributed by atoms with Crippen LogP contribution in [0.4, 0.5) is 0 Å². The lowest BCUT2D eigenvalue weighted by Gasteiger charge is -2.38. The molecule has 0 radical (unpaired) electrons. The molecule has 0 unspecified atom stereocenters. The van der Waals surface area contributed by atoms with Crippen LogP contribution in [0.3, 0.4) is 0 Å². The van der Waals surface area contributed by atoms with Crippen LogP contribution in [0.25, 0.3) is 0 Å². The summed E-state index contributed by atoms with van der Waals surface area (Å²) in [5.41, 5.74) is 1.73.